The van der Waals surface area contributed by atoms with Crippen molar-refractivity contribution in [2.45, 2.75) is 30.0 Å². The lowest BCUT2D eigenvalue weighted by Crippen LogP contribution is -2.40. The summed E-state index contributed by atoms with van der Waals surface area (Å²) >= 11 is 5.45. The molecule has 1 atom stereocenters. The summed E-state index contributed by atoms with van der Waals surface area (Å²) in [5, 5.41) is 8.39. The summed E-state index contributed by atoms with van der Waals surface area (Å²) in [5.41, 5.74) is -1.28. The molecule has 0 aliphatic carbocycles. The van der Waals surface area contributed by atoms with Gasteiger partial charge in [-0.15, -0.1) is 0 Å². The van der Waals surface area contributed by atoms with Crippen LogP contribution in [0.4, 0.5) is 13.2 Å². The highest BCUT2D eigenvalue weighted by atomic mass is 35.5. The second-order valence-corrected chi connectivity index (χ2v) is 7.05. The Balaban J connectivity index is 2.49. The zero-order valence-corrected chi connectivity index (χ0v) is 12.5. The Kier molecular flexibility index (Phi) is 4.42. The molecule has 0 spiro atoms. The molecule has 1 aliphatic rings. The molecular formula is C12H11ClF3NO4S. The van der Waals surface area contributed by atoms with Gasteiger partial charge in [-0.1, -0.05) is 11.6 Å². The van der Waals surface area contributed by atoms with Crippen LogP contribution in [0.5, 0.6) is 0 Å². The Bertz CT molecular complexity index is 705. The zero-order chi connectivity index (χ0) is 16.7. The fraction of sp³-hybridized carbons (Fsp3) is 0.417. The maximum absolute atomic E-state index is 12.8. The van der Waals surface area contributed by atoms with E-state index in [1.54, 1.807) is 0 Å². The fourth-order valence-corrected chi connectivity index (χ4v) is 4.19. The molecule has 122 valence electrons. The van der Waals surface area contributed by atoms with Crippen LogP contribution in [-0.4, -0.2) is 36.4 Å². The second-order valence-electron chi connectivity index (χ2n) is 4.75. The highest BCUT2D eigenvalue weighted by Crippen LogP contribution is 2.37. The average Bonchev–Trinajstić information content (AvgIpc) is 2.87. The number of nitrogens with zero attached hydrogens (tertiary/aromatic N) is 1. The molecule has 22 heavy (non-hydrogen) atoms. The number of sulfonamides is 1. The molecule has 1 aromatic rings. The van der Waals surface area contributed by atoms with Crippen molar-refractivity contribution < 1.29 is 31.5 Å². The lowest BCUT2D eigenvalue weighted by atomic mass is 10.2. The van der Waals surface area contributed by atoms with Crippen LogP contribution in [0.2, 0.25) is 5.02 Å². The molecule has 10 heteroatoms. The van der Waals surface area contributed by atoms with E-state index in [1.165, 1.54) is 0 Å². The summed E-state index contributed by atoms with van der Waals surface area (Å²) in [5.74, 6) is -1.33. The van der Waals surface area contributed by atoms with Gasteiger partial charge in [0.15, 0.2) is 0 Å². The van der Waals surface area contributed by atoms with Gasteiger partial charge in [0.1, 0.15) is 6.04 Å². The van der Waals surface area contributed by atoms with Gasteiger partial charge in [-0.2, -0.15) is 17.5 Å². The van der Waals surface area contributed by atoms with Crippen molar-refractivity contribution in [1.29, 1.82) is 0 Å². The van der Waals surface area contributed by atoms with E-state index in [2.05, 4.69) is 0 Å². The van der Waals surface area contributed by atoms with Crippen molar-refractivity contribution >= 4 is 27.6 Å². The Labute approximate surface area is 129 Å². The van der Waals surface area contributed by atoms with Crippen molar-refractivity contribution in [3.63, 3.8) is 0 Å². The van der Waals surface area contributed by atoms with Crippen LogP contribution in [0.15, 0.2) is 23.1 Å². The molecule has 5 nitrogen and oxygen atoms in total. The predicted molar refractivity (Wildman–Crippen MR) is 71.0 cm³/mol. The number of rotatable bonds is 3. The van der Waals surface area contributed by atoms with Crippen LogP contribution in [0, 0.1) is 0 Å². The number of benzene rings is 1. The Hall–Kier alpha value is -1.32. The van der Waals surface area contributed by atoms with Gasteiger partial charge in [-0.25, -0.2) is 8.42 Å². The molecule has 0 saturated carbocycles. The van der Waals surface area contributed by atoms with Crippen LogP contribution in [-0.2, 0) is 21.0 Å². The van der Waals surface area contributed by atoms with Crippen LogP contribution < -0.4 is 0 Å². The number of hydrogen-bond donors (Lipinski definition) is 1. The highest BCUT2D eigenvalue weighted by molar-refractivity contribution is 7.89. The van der Waals surface area contributed by atoms with E-state index in [0.29, 0.717) is 16.8 Å². The van der Waals surface area contributed by atoms with Gasteiger partial charge in [0, 0.05) is 6.54 Å². The van der Waals surface area contributed by atoms with E-state index in [-0.39, 0.29) is 13.0 Å². The number of hydrogen-bond acceptors (Lipinski definition) is 3. The van der Waals surface area contributed by atoms with E-state index >= 15 is 0 Å². The summed E-state index contributed by atoms with van der Waals surface area (Å²) in [6.45, 7) is -0.0523. The molecule has 0 amide bonds. The standard InChI is InChI=1S/C12H11ClF3NO4S/c13-9-4-3-7(6-8(9)12(14,15)16)22(20,21)17-5-1-2-10(17)11(18)19/h3-4,6,10H,1-2,5H2,(H,18,19)/t10-/m0/s1. The minimum atomic E-state index is -4.81. The SMILES string of the molecule is O=C(O)[C@@H]1CCCN1S(=O)(=O)c1ccc(Cl)c(C(F)(F)F)c1. The maximum Gasteiger partial charge on any atom is 0.417 e. The van der Waals surface area contributed by atoms with Gasteiger partial charge in [-0.05, 0) is 31.0 Å². The molecule has 0 aromatic heterocycles. The molecule has 1 aromatic carbocycles. The van der Waals surface area contributed by atoms with Crippen molar-refractivity contribution in [3.05, 3.63) is 28.8 Å². The summed E-state index contributed by atoms with van der Waals surface area (Å²) in [7, 11) is -4.34. The molecular weight excluding hydrogens is 347 g/mol. The molecule has 1 aliphatic heterocycles. The third-order valence-corrected chi connectivity index (χ3v) is 5.57. The average molecular weight is 358 g/mol. The van der Waals surface area contributed by atoms with Crippen molar-refractivity contribution in [2.24, 2.45) is 0 Å². The molecule has 0 unspecified atom stereocenters. The molecule has 1 heterocycles. The Morgan fingerprint density at radius 2 is 2.00 bits per heavy atom. The fourth-order valence-electron chi connectivity index (χ4n) is 2.29. The van der Waals surface area contributed by atoms with Gasteiger partial charge in [0.2, 0.25) is 10.0 Å². The largest absolute Gasteiger partial charge is 0.480 e. The molecule has 1 N–H and O–H groups in total. The van der Waals surface area contributed by atoms with E-state index in [1.807, 2.05) is 0 Å². The van der Waals surface area contributed by atoms with Gasteiger partial charge >= 0.3 is 12.1 Å². The van der Waals surface area contributed by atoms with Gasteiger partial charge in [0.25, 0.3) is 0 Å². The third-order valence-electron chi connectivity index (χ3n) is 3.34. The molecule has 1 saturated heterocycles. The monoisotopic (exact) mass is 357 g/mol. The van der Waals surface area contributed by atoms with E-state index in [4.69, 9.17) is 16.7 Å². The first-order valence-corrected chi connectivity index (χ1v) is 7.98. The number of halogens is 4. The number of alkyl halides is 3. The molecule has 0 bridgehead atoms. The first-order valence-electron chi connectivity index (χ1n) is 6.16. The first kappa shape index (κ1) is 17.0. The lowest BCUT2D eigenvalue weighted by molar-refractivity contribution is -0.141. The third kappa shape index (κ3) is 3.06. The molecule has 0 radical (unpaired) electrons. The van der Waals surface area contributed by atoms with E-state index in [0.717, 1.165) is 12.1 Å². The predicted octanol–water partition coefficient (Wildman–Crippen LogP) is 2.60. The molecule has 1 fully saturated rings. The number of aliphatic carboxylic acids is 1. The highest BCUT2D eigenvalue weighted by Gasteiger charge is 2.41. The minimum absolute atomic E-state index is 0.0523. The van der Waals surface area contributed by atoms with Gasteiger partial charge in [0.05, 0.1) is 15.5 Å². The van der Waals surface area contributed by atoms with Crippen LogP contribution in [0.3, 0.4) is 0 Å². The zero-order valence-electron chi connectivity index (χ0n) is 11.0. The van der Waals surface area contributed by atoms with E-state index < -0.39 is 43.7 Å². The first-order chi connectivity index (χ1) is 10.0. The Morgan fingerprint density at radius 3 is 2.55 bits per heavy atom. The van der Waals surface area contributed by atoms with Crippen molar-refractivity contribution in [2.75, 3.05) is 6.54 Å². The topological polar surface area (TPSA) is 74.7 Å². The second kappa shape index (κ2) is 5.71. The summed E-state index contributed by atoms with van der Waals surface area (Å²) in [4.78, 5) is 10.4. The van der Waals surface area contributed by atoms with Crippen molar-refractivity contribution in [1.82, 2.24) is 4.31 Å². The van der Waals surface area contributed by atoms with Crippen LogP contribution in [0.1, 0.15) is 18.4 Å². The number of carboxylic acid groups (broad SMARTS) is 1. The Morgan fingerprint density at radius 1 is 1.36 bits per heavy atom. The summed E-state index contributed by atoms with van der Waals surface area (Å²) in [6.07, 6.45) is -4.36. The molecule has 2 rings (SSSR count). The van der Waals surface area contributed by atoms with Crippen LogP contribution >= 0.6 is 11.6 Å². The number of carbonyl (C=O) groups is 1. The van der Waals surface area contributed by atoms with E-state index in [9.17, 15) is 26.4 Å². The smallest absolute Gasteiger partial charge is 0.417 e. The summed E-state index contributed by atoms with van der Waals surface area (Å²) in [6, 6.07) is 0.928. The lowest BCUT2D eigenvalue weighted by Gasteiger charge is -2.21. The quantitative estimate of drug-likeness (QED) is 0.902. The van der Waals surface area contributed by atoms with Crippen molar-refractivity contribution in [3.8, 4) is 0 Å². The number of carboxylic acids is 1. The normalized spacial score (nSPS) is 20.3. The maximum atomic E-state index is 12.8. The van der Waals surface area contributed by atoms with Crippen LogP contribution in [0.25, 0.3) is 0 Å². The van der Waals surface area contributed by atoms with Gasteiger partial charge < -0.3 is 5.11 Å². The van der Waals surface area contributed by atoms with Gasteiger partial charge in [-0.3, -0.25) is 4.79 Å². The summed E-state index contributed by atoms with van der Waals surface area (Å²) < 4.78 is 63.9. The minimum Gasteiger partial charge on any atom is -0.480 e.